The fraction of sp³-hybridized carbons (Fsp3) is 0.667. The van der Waals surface area contributed by atoms with Gasteiger partial charge in [-0.15, -0.1) is 0 Å². The lowest BCUT2D eigenvalue weighted by Gasteiger charge is -2.08. The maximum absolute atomic E-state index is 11.0. The van der Waals surface area contributed by atoms with Gasteiger partial charge in [0.2, 0.25) is 5.91 Å². The van der Waals surface area contributed by atoms with E-state index in [0.717, 1.165) is 12.8 Å². The van der Waals surface area contributed by atoms with Crippen molar-refractivity contribution < 1.29 is 4.79 Å². The standard InChI is InChI=1S/C9H17NO/c1-4-5-6-7-8-9(11)10(2)3/h4-5H,6-8H2,1-3H3/b5-4+. The summed E-state index contributed by atoms with van der Waals surface area (Å²) in [6.45, 7) is 1.99. The van der Waals surface area contributed by atoms with Crippen molar-refractivity contribution in [1.29, 1.82) is 0 Å². The van der Waals surface area contributed by atoms with Crippen LogP contribution in [-0.4, -0.2) is 24.9 Å². The average Bonchev–Trinajstić information content (AvgIpc) is 1.97. The zero-order valence-corrected chi connectivity index (χ0v) is 7.63. The predicted octanol–water partition coefficient (Wildman–Crippen LogP) is 1.82. The minimum absolute atomic E-state index is 0.217. The second-order valence-electron chi connectivity index (χ2n) is 2.75. The minimum Gasteiger partial charge on any atom is -0.349 e. The average molecular weight is 155 g/mol. The van der Waals surface area contributed by atoms with E-state index < -0.39 is 0 Å². The molecule has 0 fully saturated rings. The van der Waals surface area contributed by atoms with Gasteiger partial charge in [0.05, 0.1) is 0 Å². The van der Waals surface area contributed by atoms with Gasteiger partial charge in [-0.1, -0.05) is 12.2 Å². The highest BCUT2D eigenvalue weighted by Crippen LogP contribution is 1.98. The fourth-order valence-corrected chi connectivity index (χ4v) is 0.761. The van der Waals surface area contributed by atoms with E-state index in [9.17, 15) is 4.79 Å². The summed E-state index contributed by atoms with van der Waals surface area (Å²) in [5, 5.41) is 0. The first-order valence-electron chi connectivity index (χ1n) is 3.99. The molecule has 0 N–H and O–H groups in total. The highest BCUT2D eigenvalue weighted by Gasteiger charge is 2.00. The summed E-state index contributed by atoms with van der Waals surface area (Å²) in [5.74, 6) is 0.217. The lowest BCUT2D eigenvalue weighted by molar-refractivity contribution is -0.128. The summed E-state index contributed by atoms with van der Waals surface area (Å²) < 4.78 is 0. The van der Waals surface area contributed by atoms with Crippen molar-refractivity contribution in [3.63, 3.8) is 0 Å². The van der Waals surface area contributed by atoms with E-state index in [0.29, 0.717) is 6.42 Å². The molecule has 0 bridgehead atoms. The molecule has 0 rings (SSSR count). The first kappa shape index (κ1) is 10.2. The molecule has 0 spiro atoms. The second-order valence-corrected chi connectivity index (χ2v) is 2.75. The summed E-state index contributed by atoms with van der Waals surface area (Å²) >= 11 is 0. The van der Waals surface area contributed by atoms with Gasteiger partial charge >= 0.3 is 0 Å². The Hall–Kier alpha value is -0.790. The van der Waals surface area contributed by atoms with E-state index in [-0.39, 0.29) is 5.91 Å². The van der Waals surface area contributed by atoms with Crippen molar-refractivity contribution in [3.8, 4) is 0 Å². The molecule has 0 aromatic carbocycles. The molecule has 0 saturated heterocycles. The Morgan fingerprint density at radius 3 is 2.55 bits per heavy atom. The van der Waals surface area contributed by atoms with Crippen molar-refractivity contribution in [1.82, 2.24) is 4.90 Å². The van der Waals surface area contributed by atoms with Crippen LogP contribution in [0.1, 0.15) is 26.2 Å². The van der Waals surface area contributed by atoms with Crippen molar-refractivity contribution in [2.24, 2.45) is 0 Å². The summed E-state index contributed by atoms with van der Waals surface area (Å²) in [7, 11) is 3.58. The van der Waals surface area contributed by atoms with Gasteiger partial charge in [-0.25, -0.2) is 0 Å². The van der Waals surface area contributed by atoms with E-state index in [2.05, 4.69) is 6.08 Å². The number of hydrogen-bond donors (Lipinski definition) is 0. The molecule has 0 heterocycles. The van der Waals surface area contributed by atoms with Gasteiger partial charge in [0, 0.05) is 20.5 Å². The van der Waals surface area contributed by atoms with Gasteiger partial charge in [-0.05, 0) is 19.8 Å². The third-order valence-corrected chi connectivity index (χ3v) is 1.50. The number of allylic oxidation sites excluding steroid dienone is 2. The van der Waals surface area contributed by atoms with E-state index >= 15 is 0 Å². The van der Waals surface area contributed by atoms with Crippen LogP contribution < -0.4 is 0 Å². The molecule has 2 heteroatoms. The summed E-state index contributed by atoms with van der Waals surface area (Å²) in [4.78, 5) is 12.6. The van der Waals surface area contributed by atoms with Gasteiger partial charge in [0.25, 0.3) is 0 Å². The summed E-state index contributed by atoms with van der Waals surface area (Å²) in [6, 6.07) is 0. The molecule has 0 unspecified atom stereocenters. The Bertz CT molecular complexity index is 138. The molecule has 0 aromatic rings. The molecular formula is C9H17NO. The second kappa shape index (κ2) is 5.96. The van der Waals surface area contributed by atoms with Crippen LogP contribution >= 0.6 is 0 Å². The molecular weight excluding hydrogens is 138 g/mol. The Kier molecular flexibility index (Phi) is 5.53. The van der Waals surface area contributed by atoms with Crippen LogP contribution in [0.3, 0.4) is 0 Å². The van der Waals surface area contributed by atoms with Crippen LogP contribution in [0, 0.1) is 0 Å². The van der Waals surface area contributed by atoms with Crippen molar-refractivity contribution in [2.45, 2.75) is 26.2 Å². The maximum atomic E-state index is 11.0. The molecule has 1 amide bonds. The van der Waals surface area contributed by atoms with Gasteiger partial charge in [0.15, 0.2) is 0 Å². The fourth-order valence-electron chi connectivity index (χ4n) is 0.761. The highest BCUT2D eigenvalue weighted by atomic mass is 16.2. The molecule has 0 aliphatic carbocycles. The van der Waals surface area contributed by atoms with Gasteiger partial charge in [-0.2, -0.15) is 0 Å². The lowest BCUT2D eigenvalue weighted by atomic mass is 10.2. The normalized spacial score (nSPS) is 10.5. The van der Waals surface area contributed by atoms with E-state index in [1.807, 2.05) is 13.0 Å². The highest BCUT2D eigenvalue weighted by molar-refractivity contribution is 5.75. The van der Waals surface area contributed by atoms with E-state index in [1.54, 1.807) is 19.0 Å². The SMILES string of the molecule is C/C=C/CCCC(=O)N(C)C. The maximum Gasteiger partial charge on any atom is 0.222 e. The molecule has 2 nitrogen and oxygen atoms in total. The Balaban J connectivity index is 3.32. The molecule has 0 saturated carbocycles. The Labute approximate surface area is 68.9 Å². The van der Waals surface area contributed by atoms with Crippen LogP contribution in [0.4, 0.5) is 0 Å². The monoisotopic (exact) mass is 155 g/mol. The zero-order valence-electron chi connectivity index (χ0n) is 7.63. The number of carbonyl (C=O) groups is 1. The minimum atomic E-state index is 0.217. The summed E-state index contributed by atoms with van der Waals surface area (Å²) in [5.41, 5.74) is 0. The first-order chi connectivity index (χ1) is 5.18. The van der Waals surface area contributed by atoms with E-state index in [1.165, 1.54) is 0 Å². The third kappa shape index (κ3) is 5.64. The zero-order chi connectivity index (χ0) is 8.69. The molecule has 64 valence electrons. The predicted molar refractivity (Wildman–Crippen MR) is 47.4 cm³/mol. The third-order valence-electron chi connectivity index (χ3n) is 1.50. The molecule has 0 radical (unpaired) electrons. The van der Waals surface area contributed by atoms with Gasteiger partial charge in [0.1, 0.15) is 0 Å². The first-order valence-corrected chi connectivity index (χ1v) is 3.99. The van der Waals surface area contributed by atoms with Gasteiger partial charge in [-0.3, -0.25) is 4.79 Å². The van der Waals surface area contributed by atoms with Gasteiger partial charge < -0.3 is 4.90 Å². The van der Waals surface area contributed by atoms with Crippen LogP contribution in [-0.2, 0) is 4.79 Å². The topological polar surface area (TPSA) is 20.3 Å². The molecule has 11 heavy (non-hydrogen) atoms. The number of nitrogens with zero attached hydrogens (tertiary/aromatic N) is 1. The lowest BCUT2D eigenvalue weighted by Crippen LogP contribution is -2.20. The quantitative estimate of drug-likeness (QED) is 0.448. The molecule has 0 aliphatic heterocycles. The number of rotatable bonds is 4. The van der Waals surface area contributed by atoms with Crippen LogP contribution in [0.5, 0.6) is 0 Å². The largest absolute Gasteiger partial charge is 0.349 e. The number of carbonyl (C=O) groups excluding carboxylic acids is 1. The van der Waals surface area contributed by atoms with Crippen molar-refractivity contribution in [2.75, 3.05) is 14.1 Å². The summed E-state index contributed by atoms with van der Waals surface area (Å²) in [6.07, 6.45) is 6.73. The molecule has 0 atom stereocenters. The van der Waals surface area contributed by atoms with Crippen LogP contribution in [0.25, 0.3) is 0 Å². The Morgan fingerprint density at radius 2 is 2.09 bits per heavy atom. The van der Waals surface area contributed by atoms with Crippen molar-refractivity contribution >= 4 is 5.91 Å². The number of unbranched alkanes of at least 4 members (excludes halogenated alkanes) is 1. The number of amides is 1. The van der Waals surface area contributed by atoms with Crippen molar-refractivity contribution in [3.05, 3.63) is 12.2 Å². The molecule has 0 aliphatic rings. The number of hydrogen-bond acceptors (Lipinski definition) is 1. The smallest absolute Gasteiger partial charge is 0.222 e. The van der Waals surface area contributed by atoms with Crippen LogP contribution in [0.15, 0.2) is 12.2 Å². The molecule has 0 aromatic heterocycles. The Morgan fingerprint density at radius 1 is 1.45 bits per heavy atom. The van der Waals surface area contributed by atoms with Crippen LogP contribution in [0.2, 0.25) is 0 Å². The van der Waals surface area contributed by atoms with E-state index in [4.69, 9.17) is 0 Å².